The van der Waals surface area contributed by atoms with Crippen molar-refractivity contribution in [2.24, 2.45) is 0 Å². The molecule has 0 radical (unpaired) electrons. The lowest BCUT2D eigenvalue weighted by Gasteiger charge is -2.12. The van der Waals surface area contributed by atoms with Crippen molar-refractivity contribution in [3.05, 3.63) is 65.2 Å². The van der Waals surface area contributed by atoms with Gasteiger partial charge in [-0.2, -0.15) is 0 Å². The highest BCUT2D eigenvalue weighted by molar-refractivity contribution is 5.70. The fraction of sp³-hybridized carbons (Fsp3) is 0.235. The summed E-state index contributed by atoms with van der Waals surface area (Å²) in [5.41, 5.74) is 2.96. The van der Waals surface area contributed by atoms with Crippen molar-refractivity contribution in [3.8, 4) is 5.75 Å². The molecule has 0 saturated heterocycles. The maximum Gasteiger partial charge on any atom is 0.307 e. The topological polar surface area (TPSA) is 46.5 Å². The second-order valence-corrected chi connectivity index (χ2v) is 4.64. The second-order valence-electron chi connectivity index (χ2n) is 4.64. The summed E-state index contributed by atoms with van der Waals surface area (Å²) >= 11 is 0. The van der Waals surface area contributed by atoms with Crippen LogP contribution in [0, 0.1) is 0 Å². The molecule has 0 fully saturated rings. The molecule has 20 heavy (non-hydrogen) atoms. The van der Waals surface area contributed by atoms with Crippen LogP contribution >= 0.6 is 0 Å². The van der Waals surface area contributed by atoms with Crippen molar-refractivity contribution in [3.63, 3.8) is 0 Å². The molecule has 0 amide bonds. The van der Waals surface area contributed by atoms with E-state index >= 15 is 0 Å². The Kier molecular flexibility index (Phi) is 4.77. The van der Waals surface area contributed by atoms with Crippen molar-refractivity contribution >= 4 is 5.97 Å². The average Bonchev–Trinajstić information content (AvgIpc) is 2.46. The number of hydrogen-bond donors (Lipinski definition) is 1. The van der Waals surface area contributed by atoms with E-state index in [0.29, 0.717) is 6.61 Å². The van der Waals surface area contributed by atoms with E-state index in [1.54, 1.807) is 0 Å². The number of carboxylic acids is 1. The van der Waals surface area contributed by atoms with Gasteiger partial charge >= 0.3 is 5.97 Å². The number of ether oxygens (including phenoxy) is 1. The first kappa shape index (κ1) is 14.1. The second kappa shape index (κ2) is 6.75. The lowest BCUT2D eigenvalue weighted by molar-refractivity contribution is -0.136. The highest BCUT2D eigenvalue weighted by Crippen LogP contribution is 2.22. The number of aliphatic carboxylic acids is 1. The minimum absolute atomic E-state index is 0.0476. The van der Waals surface area contributed by atoms with Gasteiger partial charge in [0.05, 0.1) is 6.42 Å². The Morgan fingerprint density at radius 2 is 1.85 bits per heavy atom. The molecule has 2 rings (SSSR count). The summed E-state index contributed by atoms with van der Waals surface area (Å²) in [4.78, 5) is 10.7. The minimum atomic E-state index is -0.815. The van der Waals surface area contributed by atoms with Crippen LogP contribution in [0.25, 0.3) is 0 Å². The first-order valence-electron chi connectivity index (χ1n) is 6.69. The van der Waals surface area contributed by atoms with Crippen molar-refractivity contribution in [1.29, 1.82) is 0 Å². The van der Waals surface area contributed by atoms with Crippen molar-refractivity contribution in [2.45, 2.75) is 26.4 Å². The Balaban J connectivity index is 2.09. The van der Waals surface area contributed by atoms with Crippen molar-refractivity contribution in [1.82, 2.24) is 0 Å². The molecule has 0 aliphatic carbocycles. The molecule has 2 aromatic rings. The Hall–Kier alpha value is -2.29. The minimum Gasteiger partial charge on any atom is -0.489 e. The third-order valence-corrected chi connectivity index (χ3v) is 3.10. The molecular weight excluding hydrogens is 252 g/mol. The van der Waals surface area contributed by atoms with Crippen LogP contribution in [0.5, 0.6) is 5.75 Å². The van der Waals surface area contributed by atoms with Crippen molar-refractivity contribution in [2.75, 3.05) is 0 Å². The molecule has 0 heterocycles. The Morgan fingerprint density at radius 3 is 2.50 bits per heavy atom. The molecular formula is C17H18O3. The normalized spacial score (nSPS) is 10.2. The number of aryl methyl sites for hydroxylation is 1. The van der Waals surface area contributed by atoms with Gasteiger partial charge < -0.3 is 9.84 Å². The molecule has 104 valence electrons. The molecule has 0 spiro atoms. The molecule has 2 aromatic carbocycles. The lowest BCUT2D eigenvalue weighted by Crippen LogP contribution is -2.02. The van der Waals surface area contributed by atoms with Crippen LogP contribution in [-0.4, -0.2) is 11.1 Å². The molecule has 0 aromatic heterocycles. The monoisotopic (exact) mass is 270 g/mol. The number of carbonyl (C=O) groups is 1. The Bertz CT molecular complexity index is 576. The van der Waals surface area contributed by atoms with Gasteiger partial charge in [-0.1, -0.05) is 49.4 Å². The van der Waals surface area contributed by atoms with Crippen LogP contribution < -0.4 is 4.74 Å². The summed E-state index contributed by atoms with van der Waals surface area (Å²) in [5, 5.41) is 8.82. The van der Waals surface area contributed by atoms with Crippen LogP contribution in [0.15, 0.2) is 48.5 Å². The largest absolute Gasteiger partial charge is 0.489 e. The predicted octanol–water partition coefficient (Wildman–Crippen LogP) is 3.46. The molecule has 0 bridgehead atoms. The lowest BCUT2D eigenvalue weighted by atomic mass is 10.1. The third-order valence-electron chi connectivity index (χ3n) is 3.10. The smallest absolute Gasteiger partial charge is 0.307 e. The maximum absolute atomic E-state index is 10.7. The fourth-order valence-electron chi connectivity index (χ4n) is 2.07. The van der Waals surface area contributed by atoms with Gasteiger partial charge in [0.15, 0.2) is 0 Å². The van der Waals surface area contributed by atoms with Crippen LogP contribution in [0.2, 0.25) is 0 Å². The fourth-order valence-corrected chi connectivity index (χ4v) is 2.07. The van der Waals surface area contributed by atoms with E-state index in [2.05, 4.69) is 0 Å². The summed E-state index contributed by atoms with van der Waals surface area (Å²) in [6.07, 6.45) is 0.865. The number of carboxylic acid groups (broad SMARTS) is 1. The van der Waals surface area contributed by atoms with Gasteiger partial charge in [-0.3, -0.25) is 4.79 Å². The summed E-state index contributed by atoms with van der Waals surface area (Å²) in [7, 11) is 0. The number of rotatable bonds is 6. The standard InChI is InChI=1S/C17H18O3/c1-2-15-10-14(11-17(18)19)8-9-16(15)20-12-13-6-4-3-5-7-13/h3-10H,2,11-12H2,1H3,(H,18,19). The van der Waals surface area contributed by atoms with Gasteiger partial charge in [0.2, 0.25) is 0 Å². The van der Waals surface area contributed by atoms with Gasteiger partial charge in [-0.25, -0.2) is 0 Å². The number of benzene rings is 2. The summed E-state index contributed by atoms with van der Waals surface area (Å²) in [6.45, 7) is 2.56. The SMILES string of the molecule is CCc1cc(CC(=O)O)ccc1OCc1ccccc1. The van der Waals surface area contributed by atoms with E-state index < -0.39 is 5.97 Å². The van der Waals surface area contributed by atoms with E-state index in [1.807, 2.05) is 55.5 Å². The van der Waals surface area contributed by atoms with E-state index in [-0.39, 0.29) is 6.42 Å². The molecule has 0 unspecified atom stereocenters. The molecule has 0 aliphatic heterocycles. The number of hydrogen-bond acceptors (Lipinski definition) is 2. The summed E-state index contributed by atoms with van der Waals surface area (Å²) < 4.78 is 5.83. The molecule has 0 atom stereocenters. The zero-order chi connectivity index (χ0) is 14.4. The van der Waals surface area contributed by atoms with Crippen LogP contribution in [0.1, 0.15) is 23.6 Å². The van der Waals surface area contributed by atoms with E-state index in [1.165, 1.54) is 0 Å². The highest BCUT2D eigenvalue weighted by atomic mass is 16.5. The first-order valence-corrected chi connectivity index (χ1v) is 6.69. The Morgan fingerprint density at radius 1 is 1.10 bits per heavy atom. The average molecular weight is 270 g/mol. The van der Waals surface area contributed by atoms with Gasteiger partial charge in [0.1, 0.15) is 12.4 Å². The molecule has 0 aliphatic rings. The molecule has 3 heteroatoms. The molecule has 0 saturated carbocycles. The quantitative estimate of drug-likeness (QED) is 0.874. The van der Waals surface area contributed by atoms with Crippen LogP contribution in [0.4, 0.5) is 0 Å². The maximum atomic E-state index is 10.7. The molecule has 3 nitrogen and oxygen atoms in total. The summed E-state index contributed by atoms with van der Waals surface area (Å²) in [6, 6.07) is 15.6. The van der Waals surface area contributed by atoms with Gasteiger partial charge in [0.25, 0.3) is 0 Å². The van der Waals surface area contributed by atoms with Gasteiger partial charge in [0, 0.05) is 0 Å². The summed E-state index contributed by atoms with van der Waals surface area (Å²) in [5.74, 6) is 0.00972. The first-order chi connectivity index (χ1) is 9.69. The van der Waals surface area contributed by atoms with Gasteiger partial charge in [-0.05, 0) is 29.2 Å². The third kappa shape index (κ3) is 3.85. The van der Waals surface area contributed by atoms with E-state index in [4.69, 9.17) is 9.84 Å². The molecule has 1 N–H and O–H groups in total. The zero-order valence-corrected chi connectivity index (χ0v) is 11.5. The zero-order valence-electron chi connectivity index (χ0n) is 11.5. The highest BCUT2D eigenvalue weighted by Gasteiger charge is 2.06. The van der Waals surface area contributed by atoms with Crippen molar-refractivity contribution < 1.29 is 14.6 Å². The van der Waals surface area contributed by atoms with E-state index in [9.17, 15) is 4.79 Å². The van der Waals surface area contributed by atoms with Gasteiger partial charge in [-0.15, -0.1) is 0 Å². The Labute approximate surface area is 118 Å². The predicted molar refractivity (Wildman–Crippen MR) is 77.9 cm³/mol. The van der Waals surface area contributed by atoms with Crippen LogP contribution in [0.3, 0.4) is 0 Å². The van der Waals surface area contributed by atoms with E-state index in [0.717, 1.165) is 28.9 Å². The van der Waals surface area contributed by atoms with Crippen LogP contribution in [-0.2, 0) is 24.2 Å².